The third kappa shape index (κ3) is 3.95. The molecule has 0 aliphatic rings. The fourth-order valence-corrected chi connectivity index (χ4v) is 4.91. The van der Waals surface area contributed by atoms with E-state index in [9.17, 15) is 4.79 Å². The van der Waals surface area contributed by atoms with Crippen LogP contribution in [-0.2, 0) is 4.79 Å². The van der Waals surface area contributed by atoms with Crippen molar-refractivity contribution in [1.29, 1.82) is 0 Å². The molecule has 5 heterocycles. The number of hydrogen-bond acceptors (Lipinski definition) is 6. The van der Waals surface area contributed by atoms with Crippen LogP contribution >= 0.6 is 11.3 Å². The summed E-state index contributed by atoms with van der Waals surface area (Å²) in [6, 6.07) is 14.1. The average Bonchev–Trinajstić information content (AvgIpc) is 3.63. The van der Waals surface area contributed by atoms with Crippen LogP contribution in [0.3, 0.4) is 0 Å². The lowest BCUT2D eigenvalue weighted by Gasteiger charge is -2.07. The molecule has 6 aromatic rings. The number of hydrogen-bond donors (Lipinski definition) is 3. The highest BCUT2D eigenvalue weighted by Crippen LogP contribution is 2.34. The van der Waals surface area contributed by atoms with Crippen LogP contribution in [0.5, 0.6) is 0 Å². The first kappa shape index (κ1) is 21.2. The van der Waals surface area contributed by atoms with Gasteiger partial charge in [0.1, 0.15) is 5.69 Å². The van der Waals surface area contributed by atoms with Gasteiger partial charge in [-0.25, -0.2) is 9.97 Å². The van der Waals surface area contributed by atoms with Crippen molar-refractivity contribution in [3.63, 3.8) is 0 Å². The SMILES string of the molecule is CCCC(=O)Nc1cncc(-c2ccc3[nH]nc(-c4nc5nccc(-c6cccs6)c5[nH]4)c3c2)c1. The van der Waals surface area contributed by atoms with Crippen molar-refractivity contribution in [2.45, 2.75) is 19.8 Å². The lowest BCUT2D eigenvalue weighted by atomic mass is 10.0. The maximum atomic E-state index is 12.0. The molecule has 0 aliphatic carbocycles. The van der Waals surface area contributed by atoms with Crippen LogP contribution in [0.2, 0.25) is 0 Å². The van der Waals surface area contributed by atoms with E-state index in [-0.39, 0.29) is 5.91 Å². The first-order valence-corrected chi connectivity index (χ1v) is 12.2. The third-order valence-corrected chi connectivity index (χ3v) is 6.70. The number of nitrogens with zero attached hydrogens (tertiary/aromatic N) is 4. The second kappa shape index (κ2) is 8.77. The van der Waals surface area contributed by atoms with E-state index in [1.165, 1.54) is 0 Å². The summed E-state index contributed by atoms with van der Waals surface area (Å²) in [6.45, 7) is 1.98. The summed E-state index contributed by atoms with van der Waals surface area (Å²) in [5.41, 5.74) is 6.77. The molecule has 35 heavy (non-hydrogen) atoms. The van der Waals surface area contributed by atoms with E-state index in [0.29, 0.717) is 23.6 Å². The Balaban J connectivity index is 1.40. The van der Waals surface area contributed by atoms with Crippen LogP contribution < -0.4 is 5.32 Å². The molecular formula is C26H21N7OS. The summed E-state index contributed by atoms with van der Waals surface area (Å²) in [5, 5.41) is 13.6. The molecule has 172 valence electrons. The monoisotopic (exact) mass is 479 g/mol. The standard InChI is InChI=1S/C26H21N7OS/c1-2-4-22(34)29-17-11-16(13-27-14-17)15-6-7-20-19(12-15)24(33-32-20)26-30-23-18(21-5-3-10-35-21)8-9-28-25(23)31-26/h3,5-14H,2,4H2,1H3,(H,29,34)(H,32,33)(H,28,30,31). The minimum Gasteiger partial charge on any atom is -0.335 e. The smallest absolute Gasteiger partial charge is 0.224 e. The van der Waals surface area contributed by atoms with E-state index in [4.69, 9.17) is 4.98 Å². The van der Waals surface area contributed by atoms with Crippen molar-refractivity contribution in [1.82, 2.24) is 30.1 Å². The van der Waals surface area contributed by atoms with E-state index in [2.05, 4.69) is 48.0 Å². The molecule has 0 saturated carbocycles. The molecule has 3 N–H and O–H groups in total. The molecular weight excluding hydrogens is 458 g/mol. The Labute approximate surface area is 204 Å². The third-order valence-electron chi connectivity index (χ3n) is 5.80. The maximum Gasteiger partial charge on any atom is 0.224 e. The number of anilines is 1. The molecule has 0 atom stereocenters. The van der Waals surface area contributed by atoms with Crippen LogP contribution in [0.1, 0.15) is 19.8 Å². The molecule has 8 nitrogen and oxygen atoms in total. The number of imidazole rings is 1. The molecule has 1 aromatic carbocycles. The van der Waals surface area contributed by atoms with Crippen LogP contribution in [0.25, 0.3) is 55.2 Å². The lowest BCUT2D eigenvalue weighted by Crippen LogP contribution is -2.10. The van der Waals surface area contributed by atoms with Gasteiger partial charge in [0, 0.05) is 40.2 Å². The number of nitrogens with one attached hydrogen (secondary N) is 3. The van der Waals surface area contributed by atoms with Gasteiger partial charge in [-0.15, -0.1) is 11.3 Å². The zero-order chi connectivity index (χ0) is 23.8. The molecule has 0 bridgehead atoms. The molecule has 0 saturated heterocycles. The van der Waals surface area contributed by atoms with Crippen LogP contribution in [0, 0.1) is 0 Å². The number of carbonyl (C=O) groups excluding carboxylic acids is 1. The largest absolute Gasteiger partial charge is 0.335 e. The highest BCUT2D eigenvalue weighted by molar-refractivity contribution is 7.13. The molecule has 1 amide bonds. The lowest BCUT2D eigenvalue weighted by molar-refractivity contribution is -0.116. The Kier molecular flexibility index (Phi) is 5.31. The van der Waals surface area contributed by atoms with Gasteiger partial charge in [0.2, 0.25) is 5.91 Å². The fourth-order valence-electron chi connectivity index (χ4n) is 4.15. The molecule has 0 unspecified atom stereocenters. The van der Waals surface area contributed by atoms with Gasteiger partial charge in [-0.3, -0.25) is 14.9 Å². The molecule has 6 rings (SSSR count). The second-order valence-electron chi connectivity index (χ2n) is 8.21. The normalized spacial score (nSPS) is 11.3. The van der Waals surface area contributed by atoms with Crippen LogP contribution in [-0.4, -0.2) is 36.0 Å². The van der Waals surface area contributed by atoms with Crippen molar-refractivity contribution in [3.8, 4) is 33.1 Å². The van der Waals surface area contributed by atoms with Gasteiger partial charge in [-0.2, -0.15) is 5.10 Å². The Morgan fingerprint density at radius 3 is 2.91 bits per heavy atom. The van der Waals surface area contributed by atoms with Gasteiger partial charge < -0.3 is 10.3 Å². The van der Waals surface area contributed by atoms with Crippen LogP contribution in [0.4, 0.5) is 5.69 Å². The van der Waals surface area contributed by atoms with Crippen LogP contribution in [0.15, 0.2) is 66.4 Å². The molecule has 0 radical (unpaired) electrons. The van der Waals surface area contributed by atoms with Crippen molar-refractivity contribution < 1.29 is 4.79 Å². The summed E-state index contributed by atoms with van der Waals surface area (Å²) in [7, 11) is 0. The number of aromatic nitrogens is 6. The minimum atomic E-state index is -0.0144. The Morgan fingerprint density at radius 1 is 1.11 bits per heavy atom. The number of H-pyrrole nitrogens is 2. The predicted octanol–water partition coefficient (Wildman–Crippen LogP) is 6.03. The fraction of sp³-hybridized carbons (Fsp3) is 0.115. The molecule has 0 aliphatic heterocycles. The van der Waals surface area contributed by atoms with E-state index >= 15 is 0 Å². The average molecular weight is 480 g/mol. The first-order chi connectivity index (χ1) is 17.2. The zero-order valence-corrected chi connectivity index (χ0v) is 19.7. The van der Waals surface area contributed by atoms with Crippen molar-refractivity contribution in [2.75, 3.05) is 5.32 Å². The number of thiophene rings is 1. The minimum absolute atomic E-state index is 0.0144. The summed E-state index contributed by atoms with van der Waals surface area (Å²) in [4.78, 5) is 30.1. The summed E-state index contributed by atoms with van der Waals surface area (Å²) >= 11 is 1.68. The maximum absolute atomic E-state index is 12.0. The summed E-state index contributed by atoms with van der Waals surface area (Å²) in [5.74, 6) is 0.637. The number of aromatic amines is 2. The quantitative estimate of drug-likeness (QED) is 0.270. The highest BCUT2D eigenvalue weighted by Gasteiger charge is 2.16. The second-order valence-corrected chi connectivity index (χ2v) is 9.16. The van der Waals surface area contributed by atoms with Crippen molar-refractivity contribution in [3.05, 3.63) is 66.4 Å². The van der Waals surface area contributed by atoms with E-state index in [0.717, 1.165) is 50.1 Å². The Morgan fingerprint density at radius 2 is 2.06 bits per heavy atom. The molecule has 0 fully saturated rings. The highest BCUT2D eigenvalue weighted by atomic mass is 32.1. The molecule has 9 heteroatoms. The Bertz CT molecular complexity index is 1670. The van der Waals surface area contributed by atoms with Crippen molar-refractivity contribution >= 4 is 45.0 Å². The Hall–Kier alpha value is -4.37. The number of fused-ring (bicyclic) bond motifs is 2. The van der Waals surface area contributed by atoms with Gasteiger partial charge in [0.15, 0.2) is 11.5 Å². The number of carbonyl (C=O) groups is 1. The summed E-state index contributed by atoms with van der Waals surface area (Å²) in [6.07, 6.45) is 6.50. The van der Waals surface area contributed by atoms with Gasteiger partial charge in [0.05, 0.1) is 22.9 Å². The van der Waals surface area contributed by atoms with Gasteiger partial charge >= 0.3 is 0 Å². The molecule has 5 aromatic heterocycles. The summed E-state index contributed by atoms with van der Waals surface area (Å²) < 4.78 is 0. The predicted molar refractivity (Wildman–Crippen MR) is 139 cm³/mol. The number of rotatable bonds is 6. The number of pyridine rings is 2. The van der Waals surface area contributed by atoms with Gasteiger partial charge in [-0.1, -0.05) is 19.1 Å². The van der Waals surface area contributed by atoms with E-state index < -0.39 is 0 Å². The van der Waals surface area contributed by atoms with Gasteiger partial charge in [0.25, 0.3) is 0 Å². The number of benzene rings is 1. The molecule has 0 spiro atoms. The van der Waals surface area contributed by atoms with E-state index in [1.807, 2.05) is 37.3 Å². The first-order valence-electron chi connectivity index (χ1n) is 11.3. The van der Waals surface area contributed by atoms with Crippen molar-refractivity contribution in [2.24, 2.45) is 0 Å². The zero-order valence-electron chi connectivity index (χ0n) is 18.9. The van der Waals surface area contributed by atoms with E-state index in [1.54, 1.807) is 29.9 Å². The van der Waals surface area contributed by atoms with Gasteiger partial charge in [-0.05, 0) is 47.7 Å². The topological polar surface area (TPSA) is 112 Å². The number of amides is 1.